The number of ether oxygens (including phenoxy) is 3. The van der Waals surface area contributed by atoms with Crippen LogP contribution in [0.25, 0.3) is 5.76 Å². The summed E-state index contributed by atoms with van der Waals surface area (Å²) in [6, 6.07) is 20.2. The number of nitrogens with two attached hydrogens (primary N) is 1. The van der Waals surface area contributed by atoms with Crippen LogP contribution in [0.3, 0.4) is 0 Å². The van der Waals surface area contributed by atoms with Crippen LogP contribution in [0, 0.1) is 11.8 Å². The number of aromatic nitrogens is 1. The van der Waals surface area contributed by atoms with E-state index in [0.29, 0.717) is 29.9 Å². The molecule has 0 bridgehead atoms. The van der Waals surface area contributed by atoms with Crippen LogP contribution in [0.15, 0.2) is 76.8 Å². The van der Waals surface area contributed by atoms with Gasteiger partial charge in [-0.25, -0.2) is 0 Å². The Bertz CT molecular complexity index is 2120. The Labute approximate surface area is 317 Å². The molecular weight excluding hydrogens is 703 g/mol. The van der Waals surface area contributed by atoms with Gasteiger partial charge >= 0.3 is 0 Å². The highest BCUT2D eigenvalue weighted by molar-refractivity contribution is 6.74. The standard InChI is InChI=1S/C42H49N3O8Si/c1-41(2,3)54(7,8)53-42-28(34(45(4)5)37-33(39(42)48)40(44-52-37)51-23-25-17-13-10-14-18-25)20-26-19-27-30(49-6)21-29(43)36(32(27)35(46)31(26)38(42)47)50-22-24-15-11-9-12-16-24/h9-18,21,26,28,34,46H,19-20,22-23,43H2,1-8H3/t26-,28-,34-,42-/m0/s1. The normalized spacial score (nSPS) is 22.4. The molecule has 0 unspecified atom stereocenters. The van der Waals surface area contributed by atoms with E-state index in [1.807, 2.05) is 92.8 Å². The third kappa shape index (κ3) is 6.00. The molecule has 3 N–H and O–H groups in total. The van der Waals surface area contributed by atoms with Crippen LogP contribution in [-0.2, 0) is 28.9 Å². The smallest absolute Gasteiger partial charge is 0.265 e. The number of rotatable bonds is 10. The van der Waals surface area contributed by atoms with Gasteiger partial charge in [-0.3, -0.25) is 14.5 Å². The maximum atomic E-state index is 15.7. The number of aliphatic hydroxyl groups is 1. The molecule has 4 atom stereocenters. The number of methoxy groups -OCH3 is 1. The first-order chi connectivity index (χ1) is 25.6. The average Bonchev–Trinajstić information content (AvgIpc) is 3.55. The summed E-state index contributed by atoms with van der Waals surface area (Å²) in [5.41, 5.74) is 7.74. The van der Waals surface area contributed by atoms with E-state index in [-0.39, 0.29) is 58.0 Å². The molecule has 11 nitrogen and oxygen atoms in total. The minimum Gasteiger partial charge on any atom is -0.507 e. The molecule has 3 aliphatic rings. The van der Waals surface area contributed by atoms with Crippen molar-refractivity contribution in [2.24, 2.45) is 11.8 Å². The van der Waals surface area contributed by atoms with E-state index in [2.05, 4.69) is 25.9 Å². The predicted octanol–water partition coefficient (Wildman–Crippen LogP) is 7.71. The molecule has 1 fully saturated rings. The average molecular weight is 752 g/mol. The molecule has 7 rings (SSSR count). The largest absolute Gasteiger partial charge is 0.507 e. The first kappa shape index (κ1) is 37.4. The fourth-order valence-corrected chi connectivity index (χ4v) is 9.51. The molecular formula is C42H49N3O8Si. The number of Topliss-reactive ketones (excluding diaryl/α,β-unsaturated/α-hetero) is 2. The summed E-state index contributed by atoms with van der Waals surface area (Å²) in [5.74, 6) is -1.58. The molecule has 1 saturated carbocycles. The highest BCUT2D eigenvalue weighted by Crippen LogP contribution is 2.60. The number of benzene rings is 3. The molecule has 1 aromatic heterocycles. The summed E-state index contributed by atoms with van der Waals surface area (Å²) in [5, 5.41) is 16.3. The summed E-state index contributed by atoms with van der Waals surface area (Å²) in [7, 11) is 2.42. The van der Waals surface area contributed by atoms with Gasteiger partial charge in [0.05, 0.1) is 24.4 Å². The van der Waals surface area contributed by atoms with E-state index in [1.54, 1.807) is 13.2 Å². The molecule has 1 heterocycles. The molecule has 284 valence electrons. The molecule has 0 radical (unpaired) electrons. The number of anilines is 1. The van der Waals surface area contributed by atoms with Crippen LogP contribution in [0.1, 0.15) is 71.6 Å². The van der Waals surface area contributed by atoms with Crippen molar-refractivity contribution in [3.8, 4) is 17.4 Å². The first-order valence-corrected chi connectivity index (χ1v) is 21.2. The fourth-order valence-electron chi connectivity index (χ4n) is 8.06. The van der Waals surface area contributed by atoms with E-state index in [0.717, 1.165) is 11.1 Å². The lowest BCUT2D eigenvalue weighted by Crippen LogP contribution is -2.68. The van der Waals surface area contributed by atoms with E-state index in [1.165, 1.54) is 0 Å². The van der Waals surface area contributed by atoms with E-state index in [9.17, 15) is 5.11 Å². The Kier molecular flexibility index (Phi) is 9.52. The van der Waals surface area contributed by atoms with E-state index in [4.69, 9.17) is 28.9 Å². The zero-order valence-electron chi connectivity index (χ0n) is 32.2. The lowest BCUT2D eigenvalue weighted by atomic mass is 9.57. The Morgan fingerprint density at radius 1 is 0.963 bits per heavy atom. The van der Waals surface area contributed by atoms with E-state index >= 15 is 9.59 Å². The Morgan fingerprint density at radius 3 is 2.15 bits per heavy atom. The third-order valence-electron chi connectivity index (χ3n) is 11.7. The maximum absolute atomic E-state index is 15.7. The van der Waals surface area contributed by atoms with Gasteiger partial charge in [0.2, 0.25) is 11.6 Å². The summed E-state index contributed by atoms with van der Waals surface area (Å²) >= 11 is 0. The van der Waals surface area contributed by atoms with Crippen molar-refractivity contribution in [3.05, 3.63) is 106 Å². The molecule has 54 heavy (non-hydrogen) atoms. The van der Waals surface area contributed by atoms with Gasteiger partial charge in [0, 0.05) is 23.1 Å². The first-order valence-electron chi connectivity index (χ1n) is 18.3. The van der Waals surface area contributed by atoms with Gasteiger partial charge in [-0.05, 0) is 67.3 Å². The number of fused-ring (bicyclic) bond motifs is 4. The summed E-state index contributed by atoms with van der Waals surface area (Å²) in [4.78, 5) is 33.1. The highest BCUT2D eigenvalue weighted by atomic mass is 28.4. The zero-order valence-corrected chi connectivity index (χ0v) is 33.2. The van der Waals surface area contributed by atoms with Gasteiger partial charge in [0.15, 0.2) is 25.4 Å². The number of nitrogens with zero attached hydrogens (tertiary/aromatic N) is 2. The maximum Gasteiger partial charge on any atom is 0.265 e. The lowest BCUT2D eigenvalue weighted by Gasteiger charge is -2.55. The fraction of sp³-hybridized carbons (Fsp3) is 0.405. The minimum absolute atomic E-state index is 0.00131. The molecule has 0 saturated heterocycles. The Hall–Kier alpha value is -4.91. The number of nitrogen functional groups attached to an aromatic ring is 1. The minimum atomic E-state index is -2.90. The molecule has 0 spiro atoms. The molecule has 4 aromatic rings. The summed E-state index contributed by atoms with van der Waals surface area (Å²) in [6.45, 7) is 10.6. The van der Waals surface area contributed by atoms with Crippen molar-refractivity contribution >= 4 is 31.3 Å². The van der Waals surface area contributed by atoms with Gasteiger partial charge in [-0.15, -0.1) is 0 Å². The van der Waals surface area contributed by atoms with Gasteiger partial charge in [-0.1, -0.05) is 81.4 Å². The lowest BCUT2D eigenvalue weighted by molar-refractivity contribution is -0.140. The monoisotopic (exact) mass is 751 g/mol. The SMILES string of the molecule is COc1cc(N)c(OCc2ccccc2)c2c1C[C@H]1C[C@H]3[C@H](N(C)C)c4onc(OCc5ccccc5)c4C(=O)[C@@]3(O[Si](C)(C)C(C)(C)C)C(=O)C1=C2O. The Morgan fingerprint density at radius 2 is 1.57 bits per heavy atom. The zero-order chi connectivity index (χ0) is 38.7. The second kappa shape index (κ2) is 13.7. The van der Waals surface area contributed by atoms with Gasteiger partial charge < -0.3 is 34.0 Å². The number of carbonyl (C=O) groups is 2. The summed E-state index contributed by atoms with van der Waals surface area (Å²) < 4.78 is 31.5. The van der Waals surface area contributed by atoms with Crippen LogP contribution in [-0.4, -0.2) is 61.9 Å². The van der Waals surface area contributed by atoms with Crippen LogP contribution in [0.2, 0.25) is 18.1 Å². The number of aliphatic hydroxyl groups excluding tert-OH is 1. The highest BCUT2D eigenvalue weighted by Gasteiger charge is 2.69. The van der Waals surface area contributed by atoms with Crippen molar-refractivity contribution in [1.29, 1.82) is 0 Å². The number of hydrogen-bond acceptors (Lipinski definition) is 11. The molecule has 12 heteroatoms. The van der Waals surface area contributed by atoms with Crippen molar-refractivity contribution in [2.45, 2.75) is 76.6 Å². The number of ketones is 2. The second-order valence-corrected chi connectivity index (χ2v) is 21.0. The molecule has 0 aliphatic heterocycles. The predicted molar refractivity (Wildman–Crippen MR) is 207 cm³/mol. The van der Waals surface area contributed by atoms with Crippen LogP contribution in [0.4, 0.5) is 5.69 Å². The van der Waals surface area contributed by atoms with Crippen molar-refractivity contribution in [2.75, 3.05) is 26.9 Å². The van der Waals surface area contributed by atoms with Crippen LogP contribution < -0.4 is 19.9 Å². The van der Waals surface area contributed by atoms with Crippen LogP contribution in [0.5, 0.6) is 17.4 Å². The van der Waals surface area contributed by atoms with Crippen molar-refractivity contribution in [3.63, 3.8) is 0 Å². The second-order valence-electron chi connectivity index (χ2n) is 16.3. The molecule has 0 amide bonds. The van der Waals surface area contributed by atoms with Gasteiger partial charge in [0.1, 0.15) is 30.3 Å². The number of hydrogen-bond donors (Lipinski definition) is 2. The van der Waals surface area contributed by atoms with Crippen LogP contribution >= 0.6 is 0 Å². The number of carbonyl (C=O) groups excluding carboxylic acids is 2. The van der Waals surface area contributed by atoms with Crippen molar-refractivity contribution in [1.82, 2.24) is 10.1 Å². The third-order valence-corrected chi connectivity index (χ3v) is 16.2. The molecule has 3 aliphatic carbocycles. The van der Waals surface area contributed by atoms with E-state index < -0.39 is 43.4 Å². The quantitative estimate of drug-likeness (QED) is 0.0933. The van der Waals surface area contributed by atoms with Gasteiger partial charge in [-0.2, -0.15) is 0 Å². The Balaban J connectivity index is 1.42. The topological polar surface area (TPSA) is 147 Å². The van der Waals surface area contributed by atoms with Crippen molar-refractivity contribution < 1.29 is 37.9 Å². The van der Waals surface area contributed by atoms with Gasteiger partial charge in [0.25, 0.3) is 5.88 Å². The molecule has 3 aromatic carbocycles. The summed E-state index contributed by atoms with van der Waals surface area (Å²) in [6.07, 6.45) is 0.656.